The summed E-state index contributed by atoms with van der Waals surface area (Å²) in [5.74, 6) is 2.37. The second-order valence-corrected chi connectivity index (χ2v) is 4.83. The SMILES string of the molecule is CC1(c2nc(N)nc(C3CC3)n2)CCCO1. The van der Waals surface area contributed by atoms with Crippen LogP contribution in [0.15, 0.2) is 0 Å². The third-order valence-electron chi connectivity index (χ3n) is 3.30. The molecule has 2 N–H and O–H groups in total. The number of hydrogen-bond donors (Lipinski definition) is 1. The van der Waals surface area contributed by atoms with Crippen molar-refractivity contribution in [2.24, 2.45) is 0 Å². The predicted octanol–water partition coefficient (Wildman–Crippen LogP) is 1.36. The van der Waals surface area contributed by atoms with E-state index in [0.717, 1.165) is 25.3 Å². The van der Waals surface area contributed by atoms with E-state index in [-0.39, 0.29) is 5.60 Å². The van der Waals surface area contributed by atoms with Crippen molar-refractivity contribution < 1.29 is 4.74 Å². The smallest absolute Gasteiger partial charge is 0.223 e. The van der Waals surface area contributed by atoms with Crippen molar-refractivity contribution >= 4 is 5.95 Å². The van der Waals surface area contributed by atoms with Crippen molar-refractivity contribution in [2.45, 2.75) is 44.1 Å². The van der Waals surface area contributed by atoms with E-state index in [4.69, 9.17) is 10.5 Å². The van der Waals surface area contributed by atoms with Gasteiger partial charge in [-0.3, -0.25) is 0 Å². The summed E-state index contributed by atoms with van der Waals surface area (Å²) in [5, 5.41) is 0. The van der Waals surface area contributed by atoms with Crippen LogP contribution in [0.2, 0.25) is 0 Å². The standard InChI is InChI=1S/C11H16N4O/c1-11(5-2-6-16-11)9-13-8(7-3-4-7)14-10(12)15-9/h7H,2-6H2,1H3,(H2,12,13,14,15). The minimum absolute atomic E-state index is 0.323. The lowest BCUT2D eigenvalue weighted by Crippen LogP contribution is -2.25. The molecule has 0 radical (unpaired) electrons. The maximum atomic E-state index is 5.73. The Hall–Kier alpha value is -1.23. The molecule has 2 heterocycles. The molecule has 1 aliphatic carbocycles. The third kappa shape index (κ3) is 1.65. The van der Waals surface area contributed by atoms with Gasteiger partial charge in [-0.1, -0.05) is 0 Å². The zero-order valence-electron chi connectivity index (χ0n) is 9.44. The number of rotatable bonds is 2. The van der Waals surface area contributed by atoms with Gasteiger partial charge in [-0.25, -0.2) is 4.98 Å². The second-order valence-electron chi connectivity index (χ2n) is 4.83. The minimum atomic E-state index is -0.360. The Morgan fingerprint density at radius 3 is 2.75 bits per heavy atom. The van der Waals surface area contributed by atoms with Crippen LogP contribution in [0.5, 0.6) is 0 Å². The Labute approximate surface area is 94.5 Å². The summed E-state index contributed by atoms with van der Waals surface area (Å²) in [5.41, 5.74) is 5.37. The molecule has 0 amide bonds. The van der Waals surface area contributed by atoms with Crippen LogP contribution < -0.4 is 5.73 Å². The first-order valence-electron chi connectivity index (χ1n) is 5.83. The highest BCUT2D eigenvalue weighted by Gasteiger charge is 2.37. The van der Waals surface area contributed by atoms with Crippen molar-refractivity contribution in [3.63, 3.8) is 0 Å². The van der Waals surface area contributed by atoms with Gasteiger partial charge in [0, 0.05) is 12.5 Å². The maximum absolute atomic E-state index is 5.73. The molecule has 0 aromatic carbocycles. The van der Waals surface area contributed by atoms with Gasteiger partial charge in [0.25, 0.3) is 0 Å². The number of hydrogen-bond acceptors (Lipinski definition) is 5. The molecule has 0 spiro atoms. The summed E-state index contributed by atoms with van der Waals surface area (Å²) < 4.78 is 5.73. The van der Waals surface area contributed by atoms with Crippen LogP contribution in [-0.4, -0.2) is 21.6 Å². The van der Waals surface area contributed by atoms with E-state index in [2.05, 4.69) is 15.0 Å². The zero-order valence-corrected chi connectivity index (χ0v) is 9.44. The molecule has 3 rings (SSSR count). The average Bonchev–Trinajstić information content (AvgIpc) is 3.01. The molecule has 2 fully saturated rings. The van der Waals surface area contributed by atoms with E-state index in [1.165, 1.54) is 12.8 Å². The van der Waals surface area contributed by atoms with Gasteiger partial charge in [0.1, 0.15) is 11.4 Å². The van der Waals surface area contributed by atoms with E-state index in [0.29, 0.717) is 17.7 Å². The first-order chi connectivity index (χ1) is 7.67. The molecule has 0 bridgehead atoms. The molecule has 5 heteroatoms. The van der Waals surface area contributed by atoms with Gasteiger partial charge in [-0.2, -0.15) is 9.97 Å². The van der Waals surface area contributed by atoms with Crippen LogP contribution in [0.4, 0.5) is 5.95 Å². The van der Waals surface area contributed by atoms with E-state index in [9.17, 15) is 0 Å². The zero-order chi connectivity index (χ0) is 11.2. The van der Waals surface area contributed by atoms with E-state index in [1.54, 1.807) is 0 Å². The fourth-order valence-electron chi connectivity index (χ4n) is 2.13. The normalized spacial score (nSPS) is 29.6. The molecule has 5 nitrogen and oxygen atoms in total. The first-order valence-corrected chi connectivity index (χ1v) is 5.83. The van der Waals surface area contributed by atoms with Crippen molar-refractivity contribution in [3.8, 4) is 0 Å². The number of nitrogens with zero attached hydrogens (tertiary/aromatic N) is 3. The maximum Gasteiger partial charge on any atom is 0.223 e. The summed E-state index contributed by atoms with van der Waals surface area (Å²) in [6, 6.07) is 0. The fraction of sp³-hybridized carbons (Fsp3) is 0.727. The molecule has 16 heavy (non-hydrogen) atoms. The number of anilines is 1. The second kappa shape index (κ2) is 3.38. The lowest BCUT2D eigenvalue weighted by atomic mass is 10.0. The van der Waals surface area contributed by atoms with Crippen LogP contribution in [-0.2, 0) is 10.3 Å². The number of nitrogen functional groups attached to an aromatic ring is 1. The Morgan fingerprint density at radius 1 is 1.31 bits per heavy atom. The Kier molecular flexibility index (Phi) is 2.10. The number of ether oxygens (including phenoxy) is 1. The number of nitrogens with two attached hydrogens (primary N) is 1. The van der Waals surface area contributed by atoms with Crippen molar-refractivity contribution in [2.75, 3.05) is 12.3 Å². The predicted molar refractivity (Wildman–Crippen MR) is 58.8 cm³/mol. The highest BCUT2D eigenvalue weighted by molar-refractivity contribution is 5.22. The first kappa shape index (κ1) is 9.96. The molecule has 1 atom stereocenters. The number of aromatic nitrogens is 3. The Morgan fingerprint density at radius 2 is 2.12 bits per heavy atom. The molecule has 1 aromatic rings. The molecule has 1 aliphatic heterocycles. The summed E-state index contributed by atoms with van der Waals surface area (Å²) in [7, 11) is 0. The largest absolute Gasteiger partial charge is 0.368 e. The summed E-state index contributed by atoms with van der Waals surface area (Å²) in [4.78, 5) is 12.9. The van der Waals surface area contributed by atoms with Gasteiger partial charge < -0.3 is 10.5 Å². The van der Waals surface area contributed by atoms with Crippen molar-refractivity contribution in [1.82, 2.24) is 15.0 Å². The summed E-state index contributed by atoms with van der Waals surface area (Å²) in [6.45, 7) is 2.81. The molecule has 2 aliphatic rings. The summed E-state index contributed by atoms with van der Waals surface area (Å²) >= 11 is 0. The highest BCUT2D eigenvalue weighted by Crippen LogP contribution is 2.40. The van der Waals surface area contributed by atoms with Gasteiger partial charge in [0.15, 0.2) is 5.82 Å². The highest BCUT2D eigenvalue weighted by atomic mass is 16.5. The quantitative estimate of drug-likeness (QED) is 0.814. The molecule has 1 unspecified atom stereocenters. The van der Waals surface area contributed by atoms with E-state index >= 15 is 0 Å². The van der Waals surface area contributed by atoms with Crippen LogP contribution in [0.3, 0.4) is 0 Å². The van der Waals surface area contributed by atoms with E-state index in [1.807, 2.05) is 6.92 Å². The third-order valence-corrected chi connectivity index (χ3v) is 3.30. The van der Waals surface area contributed by atoms with Crippen LogP contribution in [0.25, 0.3) is 0 Å². The van der Waals surface area contributed by atoms with Gasteiger partial charge in [0.2, 0.25) is 5.95 Å². The lowest BCUT2D eigenvalue weighted by molar-refractivity contribution is 0.00907. The van der Waals surface area contributed by atoms with Gasteiger partial charge in [0.05, 0.1) is 0 Å². The van der Waals surface area contributed by atoms with Crippen LogP contribution >= 0.6 is 0 Å². The Balaban J connectivity index is 1.99. The molecule has 1 saturated heterocycles. The molecule has 1 saturated carbocycles. The Bertz CT molecular complexity index is 410. The molecular formula is C11H16N4O. The van der Waals surface area contributed by atoms with Gasteiger partial charge >= 0.3 is 0 Å². The van der Waals surface area contributed by atoms with Crippen molar-refractivity contribution in [3.05, 3.63) is 11.6 Å². The fourth-order valence-corrected chi connectivity index (χ4v) is 2.13. The molecule has 86 valence electrons. The topological polar surface area (TPSA) is 73.9 Å². The average molecular weight is 220 g/mol. The summed E-state index contributed by atoms with van der Waals surface area (Å²) in [6.07, 6.45) is 4.35. The molecule has 1 aromatic heterocycles. The minimum Gasteiger partial charge on any atom is -0.368 e. The van der Waals surface area contributed by atoms with E-state index < -0.39 is 0 Å². The van der Waals surface area contributed by atoms with Crippen LogP contribution in [0, 0.1) is 0 Å². The monoisotopic (exact) mass is 220 g/mol. The van der Waals surface area contributed by atoms with Gasteiger partial charge in [-0.05, 0) is 32.6 Å². The van der Waals surface area contributed by atoms with Gasteiger partial charge in [-0.15, -0.1) is 0 Å². The lowest BCUT2D eigenvalue weighted by Gasteiger charge is -2.21. The van der Waals surface area contributed by atoms with Crippen LogP contribution in [0.1, 0.15) is 50.2 Å². The van der Waals surface area contributed by atoms with Crippen molar-refractivity contribution in [1.29, 1.82) is 0 Å². The molecular weight excluding hydrogens is 204 g/mol.